The van der Waals surface area contributed by atoms with Crippen molar-refractivity contribution in [2.75, 3.05) is 39.4 Å². The monoisotopic (exact) mass is 272 g/mol. The minimum atomic E-state index is -0.321. The fourth-order valence-corrected chi connectivity index (χ4v) is 2.16. The van der Waals surface area contributed by atoms with E-state index in [0.29, 0.717) is 12.1 Å². The highest BCUT2D eigenvalue weighted by Crippen LogP contribution is 2.17. The molecule has 0 radical (unpaired) electrons. The van der Waals surface area contributed by atoms with Crippen LogP contribution in [-0.2, 0) is 11.3 Å². The maximum Gasteiger partial charge on any atom is 0.146 e. The number of nitrogens with zero attached hydrogens (tertiary/aromatic N) is 1. The third-order valence-electron chi connectivity index (χ3n) is 3.06. The molecule has 0 spiro atoms. The van der Waals surface area contributed by atoms with Crippen molar-refractivity contribution in [3.8, 4) is 0 Å². The van der Waals surface area contributed by atoms with Crippen molar-refractivity contribution in [3.63, 3.8) is 0 Å². The molecular weight excluding hydrogens is 255 g/mol. The molecule has 0 atom stereocenters. The number of halogens is 2. The van der Waals surface area contributed by atoms with Gasteiger partial charge in [0.1, 0.15) is 5.82 Å². The van der Waals surface area contributed by atoms with Crippen LogP contribution in [0.15, 0.2) is 18.2 Å². The van der Waals surface area contributed by atoms with Crippen LogP contribution in [0, 0.1) is 5.82 Å². The van der Waals surface area contributed by atoms with Gasteiger partial charge in [0, 0.05) is 38.3 Å². The first-order valence-corrected chi connectivity index (χ1v) is 6.59. The molecule has 1 saturated heterocycles. The van der Waals surface area contributed by atoms with Crippen molar-refractivity contribution in [1.29, 1.82) is 0 Å². The molecule has 1 aliphatic rings. The Morgan fingerprint density at radius 3 is 2.89 bits per heavy atom. The van der Waals surface area contributed by atoms with Crippen LogP contribution in [0.4, 0.5) is 4.39 Å². The third-order valence-corrected chi connectivity index (χ3v) is 3.35. The number of rotatable bonds is 5. The van der Waals surface area contributed by atoms with Gasteiger partial charge in [-0.05, 0) is 6.07 Å². The first kappa shape index (κ1) is 13.7. The quantitative estimate of drug-likeness (QED) is 0.829. The lowest BCUT2D eigenvalue weighted by Gasteiger charge is -2.26. The van der Waals surface area contributed by atoms with E-state index < -0.39 is 0 Å². The summed E-state index contributed by atoms with van der Waals surface area (Å²) in [6, 6.07) is 5.08. The Labute approximate surface area is 112 Å². The summed E-state index contributed by atoms with van der Waals surface area (Å²) in [6.07, 6.45) is 0. The Hall–Kier alpha value is -0.680. The van der Waals surface area contributed by atoms with Crippen molar-refractivity contribution >= 4 is 11.6 Å². The van der Waals surface area contributed by atoms with Gasteiger partial charge in [-0.2, -0.15) is 0 Å². The zero-order valence-corrected chi connectivity index (χ0v) is 11.0. The second-order valence-corrected chi connectivity index (χ2v) is 4.75. The van der Waals surface area contributed by atoms with Crippen molar-refractivity contribution in [1.82, 2.24) is 10.2 Å². The van der Waals surface area contributed by atoms with Gasteiger partial charge in [0.25, 0.3) is 0 Å². The molecule has 1 heterocycles. The summed E-state index contributed by atoms with van der Waals surface area (Å²) in [7, 11) is 0. The number of benzene rings is 1. The largest absolute Gasteiger partial charge is 0.379 e. The van der Waals surface area contributed by atoms with Crippen molar-refractivity contribution in [2.24, 2.45) is 0 Å². The Bertz CT molecular complexity index is 383. The summed E-state index contributed by atoms with van der Waals surface area (Å²) < 4.78 is 18.9. The average Bonchev–Trinajstić information content (AvgIpc) is 2.40. The highest BCUT2D eigenvalue weighted by atomic mass is 35.5. The van der Waals surface area contributed by atoms with E-state index >= 15 is 0 Å². The van der Waals surface area contributed by atoms with Gasteiger partial charge in [-0.1, -0.05) is 23.7 Å². The van der Waals surface area contributed by atoms with Crippen LogP contribution in [0.3, 0.4) is 0 Å². The Kier molecular flexibility index (Phi) is 5.38. The maximum atomic E-state index is 13.6. The number of nitrogens with one attached hydrogen (secondary N) is 1. The Balaban J connectivity index is 1.70. The molecule has 1 aliphatic heterocycles. The van der Waals surface area contributed by atoms with Crippen LogP contribution in [0.25, 0.3) is 0 Å². The van der Waals surface area contributed by atoms with Crippen LogP contribution in [0.2, 0.25) is 5.02 Å². The van der Waals surface area contributed by atoms with Gasteiger partial charge in [-0.25, -0.2) is 4.39 Å². The topological polar surface area (TPSA) is 24.5 Å². The normalized spacial score (nSPS) is 17.0. The fourth-order valence-electron chi connectivity index (χ4n) is 1.97. The SMILES string of the molecule is Fc1c(Cl)cccc1CNCCN1CCOCC1. The maximum absolute atomic E-state index is 13.6. The zero-order valence-electron chi connectivity index (χ0n) is 10.3. The summed E-state index contributed by atoms with van der Waals surface area (Å²) in [4.78, 5) is 2.34. The molecule has 2 rings (SSSR count). The van der Waals surface area contributed by atoms with Crippen LogP contribution in [0.1, 0.15) is 5.56 Å². The highest BCUT2D eigenvalue weighted by molar-refractivity contribution is 6.30. The molecule has 0 aliphatic carbocycles. The van der Waals surface area contributed by atoms with Gasteiger partial charge in [-0.3, -0.25) is 4.90 Å². The predicted molar refractivity (Wildman–Crippen MR) is 70.4 cm³/mol. The van der Waals surface area contributed by atoms with Gasteiger partial charge in [0.05, 0.1) is 18.2 Å². The van der Waals surface area contributed by atoms with Crippen LogP contribution in [0.5, 0.6) is 0 Å². The molecule has 1 fully saturated rings. The Morgan fingerprint density at radius 1 is 1.33 bits per heavy atom. The van der Waals surface area contributed by atoms with Crippen LogP contribution < -0.4 is 5.32 Å². The lowest BCUT2D eigenvalue weighted by Crippen LogP contribution is -2.40. The van der Waals surface area contributed by atoms with E-state index in [-0.39, 0.29) is 10.8 Å². The molecular formula is C13H18ClFN2O. The van der Waals surface area contributed by atoms with Gasteiger partial charge in [-0.15, -0.1) is 0 Å². The molecule has 1 N–H and O–H groups in total. The molecule has 0 saturated carbocycles. The predicted octanol–water partition coefficient (Wildman–Crippen LogP) is 1.90. The summed E-state index contributed by atoms with van der Waals surface area (Å²) >= 11 is 5.72. The molecule has 100 valence electrons. The molecule has 0 unspecified atom stereocenters. The molecule has 1 aromatic carbocycles. The number of morpholine rings is 1. The lowest BCUT2D eigenvalue weighted by molar-refractivity contribution is 0.0384. The molecule has 0 aromatic heterocycles. The van der Waals surface area contributed by atoms with Crippen molar-refractivity contribution < 1.29 is 9.13 Å². The molecule has 5 heteroatoms. The van der Waals surface area contributed by atoms with E-state index in [2.05, 4.69) is 10.2 Å². The van der Waals surface area contributed by atoms with Gasteiger partial charge in [0.15, 0.2) is 0 Å². The second-order valence-electron chi connectivity index (χ2n) is 4.34. The second kappa shape index (κ2) is 7.04. The number of hydrogen-bond donors (Lipinski definition) is 1. The number of ether oxygens (including phenoxy) is 1. The van der Waals surface area contributed by atoms with E-state index in [4.69, 9.17) is 16.3 Å². The zero-order chi connectivity index (χ0) is 12.8. The summed E-state index contributed by atoms with van der Waals surface area (Å²) in [6.45, 7) is 5.89. The first-order chi connectivity index (χ1) is 8.77. The van der Waals surface area contributed by atoms with E-state index in [9.17, 15) is 4.39 Å². The molecule has 1 aromatic rings. The van der Waals surface area contributed by atoms with E-state index in [1.165, 1.54) is 0 Å². The standard InChI is InChI=1S/C13H18ClFN2O/c14-12-3-1-2-11(13(12)15)10-16-4-5-17-6-8-18-9-7-17/h1-3,16H,4-10H2. The summed E-state index contributed by atoms with van der Waals surface area (Å²) in [5.74, 6) is -0.321. The summed E-state index contributed by atoms with van der Waals surface area (Å²) in [5, 5.41) is 3.42. The highest BCUT2D eigenvalue weighted by Gasteiger charge is 2.09. The lowest BCUT2D eigenvalue weighted by atomic mass is 10.2. The average molecular weight is 273 g/mol. The number of hydrogen-bond acceptors (Lipinski definition) is 3. The minimum Gasteiger partial charge on any atom is -0.379 e. The minimum absolute atomic E-state index is 0.183. The van der Waals surface area contributed by atoms with Gasteiger partial charge in [0.2, 0.25) is 0 Å². The van der Waals surface area contributed by atoms with Crippen LogP contribution in [-0.4, -0.2) is 44.3 Å². The molecule has 0 bridgehead atoms. The first-order valence-electron chi connectivity index (χ1n) is 6.21. The van der Waals surface area contributed by atoms with E-state index in [1.807, 2.05) is 0 Å². The van der Waals surface area contributed by atoms with Crippen molar-refractivity contribution in [3.05, 3.63) is 34.6 Å². The molecule has 3 nitrogen and oxygen atoms in total. The van der Waals surface area contributed by atoms with Crippen LogP contribution >= 0.6 is 11.6 Å². The van der Waals surface area contributed by atoms with Gasteiger partial charge >= 0.3 is 0 Å². The molecule has 0 amide bonds. The summed E-state index contributed by atoms with van der Waals surface area (Å²) in [5.41, 5.74) is 0.615. The van der Waals surface area contributed by atoms with Gasteiger partial charge < -0.3 is 10.1 Å². The van der Waals surface area contributed by atoms with Crippen molar-refractivity contribution in [2.45, 2.75) is 6.54 Å². The Morgan fingerprint density at radius 2 is 2.11 bits per heavy atom. The van der Waals surface area contributed by atoms with E-state index in [0.717, 1.165) is 39.4 Å². The molecule has 18 heavy (non-hydrogen) atoms. The van der Waals surface area contributed by atoms with E-state index in [1.54, 1.807) is 18.2 Å². The fraction of sp³-hybridized carbons (Fsp3) is 0.538. The third kappa shape index (κ3) is 3.92. The smallest absolute Gasteiger partial charge is 0.146 e.